The highest BCUT2D eigenvalue weighted by molar-refractivity contribution is 7.92. The van der Waals surface area contributed by atoms with Crippen molar-refractivity contribution in [3.05, 3.63) is 23.8 Å². The first kappa shape index (κ1) is 14.1. The maximum Gasteiger partial charge on any atom is 0.154 e. The lowest BCUT2D eigenvalue weighted by molar-refractivity contribution is 0.440. The Morgan fingerprint density at radius 2 is 2.16 bits per heavy atom. The number of hydrogen-bond donors (Lipinski definition) is 3. The van der Waals surface area contributed by atoms with Crippen LogP contribution in [0.3, 0.4) is 0 Å². The van der Waals surface area contributed by atoms with Crippen molar-refractivity contribution < 1.29 is 18.6 Å². The topological polar surface area (TPSA) is 86.6 Å². The van der Waals surface area contributed by atoms with Gasteiger partial charge in [0, 0.05) is 18.2 Å². The van der Waals surface area contributed by atoms with Crippen molar-refractivity contribution in [1.82, 2.24) is 5.32 Å². The summed E-state index contributed by atoms with van der Waals surface area (Å²) < 4.78 is 23.4. The minimum Gasteiger partial charge on any atom is -0.508 e. The summed E-state index contributed by atoms with van der Waals surface area (Å²) in [7, 11) is -2.96. The molecular formula is C13H19NO4S. The van der Waals surface area contributed by atoms with Gasteiger partial charge in [0.2, 0.25) is 0 Å². The van der Waals surface area contributed by atoms with E-state index in [1.807, 2.05) is 6.92 Å². The summed E-state index contributed by atoms with van der Waals surface area (Å²) >= 11 is 0. The largest absolute Gasteiger partial charge is 0.508 e. The van der Waals surface area contributed by atoms with E-state index < -0.39 is 9.84 Å². The van der Waals surface area contributed by atoms with Crippen LogP contribution in [0.4, 0.5) is 0 Å². The van der Waals surface area contributed by atoms with Crippen LogP contribution in [0.1, 0.15) is 31.4 Å². The maximum atomic E-state index is 11.7. The predicted molar refractivity (Wildman–Crippen MR) is 73.0 cm³/mol. The first-order valence-corrected chi connectivity index (χ1v) is 8.08. The third-order valence-corrected chi connectivity index (χ3v) is 5.87. The van der Waals surface area contributed by atoms with Gasteiger partial charge in [-0.25, -0.2) is 8.42 Å². The average Bonchev–Trinajstić information content (AvgIpc) is 2.68. The summed E-state index contributed by atoms with van der Waals surface area (Å²) in [5.41, 5.74) is 0.565. The standard InChI is InChI=1S/C13H19NO4S/c1-9(12-7-10(15)4-5-13(12)16)14-8-11-3-2-6-19(11,17)18/h4-5,7,9,11,14-16H,2-3,6,8H2,1H3. The lowest BCUT2D eigenvalue weighted by Gasteiger charge is -2.18. The molecule has 1 fully saturated rings. The third-order valence-electron chi connectivity index (χ3n) is 3.59. The fourth-order valence-electron chi connectivity index (χ4n) is 2.39. The van der Waals surface area contributed by atoms with Gasteiger partial charge in [-0.15, -0.1) is 0 Å². The van der Waals surface area contributed by atoms with Crippen LogP contribution in [0.2, 0.25) is 0 Å². The van der Waals surface area contributed by atoms with Gasteiger partial charge in [0.25, 0.3) is 0 Å². The molecule has 1 heterocycles. The summed E-state index contributed by atoms with van der Waals surface area (Å²) in [4.78, 5) is 0. The van der Waals surface area contributed by atoms with Crippen LogP contribution < -0.4 is 5.32 Å². The monoisotopic (exact) mass is 285 g/mol. The van der Waals surface area contributed by atoms with E-state index in [0.29, 0.717) is 18.5 Å². The van der Waals surface area contributed by atoms with Crippen LogP contribution in [0, 0.1) is 0 Å². The first-order chi connectivity index (χ1) is 8.90. The van der Waals surface area contributed by atoms with Crippen molar-refractivity contribution in [3.8, 4) is 11.5 Å². The molecule has 0 amide bonds. The van der Waals surface area contributed by atoms with Gasteiger partial charge in [-0.05, 0) is 38.0 Å². The molecule has 0 aromatic heterocycles. The smallest absolute Gasteiger partial charge is 0.154 e. The molecule has 2 rings (SSSR count). The first-order valence-electron chi connectivity index (χ1n) is 6.37. The van der Waals surface area contributed by atoms with Crippen molar-refractivity contribution in [2.75, 3.05) is 12.3 Å². The summed E-state index contributed by atoms with van der Waals surface area (Å²) in [6.45, 7) is 2.20. The van der Waals surface area contributed by atoms with Gasteiger partial charge < -0.3 is 15.5 Å². The highest BCUT2D eigenvalue weighted by Crippen LogP contribution is 2.28. The van der Waals surface area contributed by atoms with E-state index in [2.05, 4.69) is 5.32 Å². The molecule has 2 unspecified atom stereocenters. The molecular weight excluding hydrogens is 266 g/mol. The zero-order valence-corrected chi connectivity index (χ0v) is 11.7. The molecule has 0 aliphatic carbocycles. The molecule has 0 spiro atoms. The van der Waals surface area contributed by atoms with Crippen molar-refractivity contribution in [2.24, 2.45) is 0 Å². The second kappa shape index (κ2) is 5.38. The van der Waals surface area contributed by atoms with Crippen LogP contribution in [-0.4, -0.2) is 36.2 Å². The van der Waals surface area contributed by atoms with Gasteiger partial charge in [-0.1, -0.05) is 0 Å². The summed E-state index contributed by atoms with van der Waals surface area (Å²) in [5, 5.41) is 21.9. The van der Waals surface area contributed by atoms with E-state index in [1.165, 1.54) is 18.2 Å². The molecule has 1 aromatic carbocycles. The average molecular weight is 285 g/mol. The number of benzene rings is 1. The highest BCUT2D eigenvalue weighted by atomic mass is 32.2. The zero-order chi connectivity index (χ0) is 14.0. The highest BCUT2D eigenvalue weighted by Gasteiger charge is 2.31. The fraction of sp³-hybridized carbons (Fsp3) is 0.538. The van der Waals surface area contributed by atoms with Crippen LogP contribution in [0.15, 0.2) is 18.2 Å². The van der Waals surface area contributed by atoms with Crippen molar-refractivity contribution in [3.63, 3.8) is 0 Å². The number of hydrogen-bond acceptors (Lipinski definition) is 5. The molecule has 5 nitrogen and oxygen atoms in total. The van der Waals surface area contributed by atoms with E-state index >= 15 is 0 Å². The molecule has 0 radical (unpaired) electrons. The molecule has 1 aliphatic rings. The Morgan fingerprint density at radius 3 is 2.79 bits per heavy atom. The molecule has 106 valence electrons. The number of rotatable bonds is 4. The second-order valence-electron chi connectivity index (χ2n) is 5.00. The van der Waals surface area contributed by atoms with Gasteiger partial charge in [0.05, 0.1) is 11.0 Å². The zero-order valence-electron chi connectivity index (χ0n) is 10.8. The number of phenols is 2. The van der Waals surface area contributed by atoms with Crippen LogP contribution in [-0.2, 0) is 9.84 Å². The molecule has 3 N–H and O–H groups in total. The lowest BCUT2D eigenvalue weighted by Crippen LogP contribution is -2.32. The molecule has 1 aliphatic heterocycles. The van der Waals surface area contributed by atoms with Gasteiger partial charge in [0.15, 0.2) is 9.84 Å². The number of sulfone groups is 1. The summed E-state index contributed by atoms with van der Waals surface area (Å²) in [6, 6.07) is 4.10. The van der Waals surface area contributed by atoms with Crippen LogP contribution in [0.25, 0.3) is 0 Å². The van der Waals surface area contributed by atoms with Crippen molar-refractivity contribution in [2.45, 2.75) is 31.1 Å². The Labute approximate surface area is 113 Å². The lowest BCUT2D eigenvalue weighted by atomic mass is 10.1. The summed E-state index contributed by atoms with van der Waals surface area (Å²) in [6.07, 6.45) is 1.41. The predicted octanol–water partition coefficient (Wildman–Crippen LogP) is 1.33. The molecule has 1 saturated heterocycles. The van der Waals surface area contributed by atoms with Gasteiger partial charge in [-0.2, -0.15) is 0 Å². The van der Waals surface area contributed by atoms with Gasteiger partial charge >= 0.3 is 0 Å². The minimum atomic E-state index is -2.96. The number of phenolic OH excluding ortho intramolecular Hbond substituents is 2. The van der Waals surface area contributed by atoms with Crippen LogP contribution >= 0.6 is 0 Å². The quantitative estimate of drug-likeness (QED) is 0.726. The van der Waals surface area contributed by atoms with Crippen LogP contribution in [0.5, 0.6) is 11.5 Å². The van der Waals surface area contributed by atoms with Crippen molar-refractivity contribution >= 4 is 9.84 Å². The molecule has 6 heteroatoms. The maximum absolute atomic E-state index is 11.7. The normalized spacial score (nSPS) is 23.3. The fourth-order valence-corrected chi connectivity index (χ4v) is 4.17. The van der Waals surface area contributed by atoms with Crippen molar-refractivity contribution in [1.29, 1.82) is 0 Å². The minimum absolute atomic E-state index is 0.0786. The molecule has 2 atom stereocenters. The Balaban J connectivity index is 2.02. The Bertz CT molecular complexity index is 556. The van der Waals surface area contributed by atoms with E-state index in [-0.39, 0.29) is 28.5 Å². The molecule has 0 saturated carbocycles. The SMILES string of the molecule is CC(NCC1CCCS1(=O)=O)c1cc(O)ccc1O. The summed E-state index contributed by atoms with van der Waals surface area (Å²) in [5.74, 6) is 0.437. The van der Waals surface area contributed by atoms with E-state index in [4.69, 9.17) is 0 Å². The Hall–Kier alpha value is -1.27. The second-order valence-corrected chi connectivity index (χ2v) is 7.40. The number of aromatic hydroxyl groups is 2. The van der Waals surface area contributed by atoms with E-state index in [1.54, 1.807) is 0 Å². The molecule has 1 aromatic rings. The Morgan fingerprint density at radius 1 is 1.42 bits per heavy atom. The third kappa shape index (κ3) is 3.19. The Kier molecular flexibility index (Phi) is 4.01. The molecule has 19 heavy (non-hydrogen) atoms. The molecule has 0 bridgehead atoms. The van der Waals surface area contributed by atoms with Gasteiger partial charge in [0.1, 0.15) is 11.5 Å². The number of nitrogens with one attached hydrogen (secondary N) is 1. The van der Waals surface area contributed by atoms with E-state index in [9.17, 15) is 18.6 Å². The van der Waals surface area contributed by atoms with E-state index in [0.717, 1.165) is 6.42 Å². The van der Waals surface area contributed by atoms with Gasteiger partial charge in [-0.3, -0.25) is 0 Å².